The van der Waals surface area contributed by atoms with Crippen molar-refractivity contribution in [3.63, 3.8) is 0 Å². The average Bonchev–Trinajstić information content (AvgIpc) is 2.03. The zero-order chi connectivity index (χ0) is 9.14. The van der Waals surface area contributed by atoms with Crippen molar-refractivity contribution in [1.29, 1.82) is 0 Å². The second-order valence-corrected chi connectivity index (χ2v) is 3.85. The first kappa shape index (κ1) is 9.96. The fourth-order valence-electron chi connectivity index (χ4n) is 1.57. The van der Waals surface area contributed by atoms with Gasteiger partial charge in [0.05, 0.1) is 24.9 Å². The van der Waals surface area contributed by atoms with E-state index in [2.05, 4.69) is 13.8 Å². The molecule has 1 rings (SSSR count). The van der Waals surface area contributed by atoms with Crippen LogP contribution in [0.2, 0.25) is 0 Å². The van der Waals surface area contributed by atoms with Gasteiger partial charge in [-0.3, -0.25) is 0 Å². The predicted octanol–water partition coefficient (Wildman–Crippen LogP) is 0.543. The van der Waals surface area contributed by atoms with Crippen LogP contribution in [-0.2, 0) is 4.74 Å². The van der Waals surface area contributed by atoms with Crippen LogP contribution in [0.15, 0.2) is 0 Å². The van der Waals surface area contributed by atoms with Gasteiger partial charge in [0, 0.05) is 6.42 Å². The van der Waals surface area contributed by atoms with Crippen molar-refractivity contribution in [1.82, 2.24) is 0 Å². The minimum atomic E-state index is -0.303. The summed E-state index contributed by atoms with van der Waals surface area (Å²) in [5.74, 6) is 0.411. The number of hydrogen-bond acceptors (Lipinski definition) is 3. The van der Waals surface area contributed by atoms with E-state index < -0.39 is 0 Å². The summed E-state index contributed by atoms with van der Waals surface area (Å²) < 4.78 is 5.56. The van der Waals surface area contributed by atoms with Gasteiger partial charge in [-0.05, 0) is 12.3 Å². The lowest BCUT2D eigenvalue weighted by Crippen LogP contribution is -2.39. The van der Waals surface area contributed by atoms with Crippen molar-refractivity contribution in [2.45, 2.75) is 45.0 Å². The zero-order valence-electron chi connectivity index (χ0n) is 7.73. The standard InChI is InChI=1S/C9H18O3/c1-6(2)9-4-7(11)3-8(5-10)12-9/h6-11H,3-5H2,1-2H3. The van der Waals surface area contributed by atoms with Gasteiger partial charge in [0.25, 0.3) is 0 Å². The first-order valence-electron chi connectivity index (χ1n) is 4.58. The van der Waals surface area contributed by atoms with Crippen molar-refractivity contribution in [2.24, 2.45) is 5.92 Å². The SMILES string of the molecule is CC(C)C1CC(O)CC(CO)O1. The average molecular weight is 174 g/mol. The summed E-state index contributed by atoms with van der Waals surface area (Å²) in [7, 11) is 0. The molecule has 0 spiro atoms. The highest BCUT2D eigenvalue weighted by molar-refractivity contribution is 4.78. The van der Waals surface area contributed by atoms with Crippen molar-refractivity contribution in [2.75, 3.05) is 6.61 Å². The van der Waals surface area contributed by atoms with Crippen LogP contribution < -0.4 is 0 Å². The van der Waals surface area contributed by atoms with Crippen molar-refractivity contribution >= 4 is 0 Å². The Bertz CT molecular complexity index is 136. The van der Waals surface area contributed by atoms with Gasteiger partial charge >= 0.3 is 0 Å². The molecule has 3 nitrogen and oxygen atoms in total. The van der Waals surface area contributed by atoms with E-state index in [0.717, 1.165) is 0 Å². The Balaban J connectivity index is 2.45. The Morgan fingerprint density at radius 1 is 1.42 bits per heavy atom. The molecule has 1 fully saturated rings. The van der Waals surface area contributed by atoms with E-state index >= 15 is 0 Å². The number of hydrogen-bond donors (Lipinski definition) is 2. The Labute approximate surface area is 73.4 Å². The van der Waals surface area contributed by atoms with Gasteiger partial charge in [-0.25, -0.2) is 0 Å². The van der Waals surface area contributed by atoms with E-state index in [1.807, 2.05) is 0 Å². The van der Waals surface area contributed by atoms with E-state index in [-0.39, 0.29) is 24.9 Å². The van der Waals surface area contributed by atoms with Crippen LogP contribution in [-0.4, -0.2) is 35.1 Å². The first-order chi connectivity index (χ1) is 5.63. The molecule has 72 valence electrons. The summed E-state index contributed by atoms with van der Waals surface area (Å²) in [5, 5.41) is 18.3. The lowest BCUT2D eigenvalue weighted by atomic mass is 9.94. The fourth-order valence-corrected chi connectivity index (χ4v) is 1.57. The second-order valence-electron chi connectivity index (χ2n) is 3.85. The Hall–Kier alpha value is -0.120. The molecular weight excluding hydrogens is 156 g/mol. The molecule has 3 unspecified atom stereocenters. The Kier molecular flexibility index (Phi) is 3.50. The molecule has 1 heterocycles. The van der Waals surface area contributed by atoms with Crippen molar-refractivity contribution < 1.29 is 14.9 Å². The van der Waals surface area contributed by atoms with E-state index in [1.165, 1.54) is 0 Å². The molecule has 1 aliphatic heterocycles. The van der Waals surface area contributed by atoms with Crippen LogP contribution in [0, 0.1) is 5.92 Å². The minimum Gasteiger partial charge on any atom is -0.394 e. The summed E-state index contributed by atoms with van der Waals surface area (Å²) in [6, 6.07) is 0. The van der Waals surface area contributed by atoms with E-state index in [4.69, 9.17) is 9.84 Å². The van der Waals surface area contributed by atoms with Crippen LogP contribution in [0.1, 0.15) is 26.7 Å². The number of aliphatic hydroxyl groups excluding tert-OH is 2. The molecule has 0 saturated carbocycles. The molecule has 3 heteroatoms. The van der Waals surface area contributed by atoms with Gasteiger partial charge in [-0.2, -0.15) is 0 Å². The number of ether oxygens (including phenoxy) is 1. The third-order valence-corrected chi connectivity index (χ3v) is 2.35. The van der Waals surface area contributed by atoms with Crippen molar-refractivity contribution in [3.8, 4) is 0 Å². The molecule has 2 N–H and O–H groups in total. The molecule has 1 saturated heterocycles. The second kappa shape index (κ2) is 4.21. The van der Waals surface area contributed by atoms with Crippen LogP contribution in [0.5, 0.6) is 0 Å². The minimum absolute atomic E-state index is 0.0142. The lowest BCUT2D eigenvalue weighted by Gasteiger charge is -2.34. The number of aliphatic hydroxyl groups is 2. The maximum Gasteiger partial charge on any atom is 0.0834 e. The molecule has 3 atom stereocenters. The largest absolute Gasteiger partial charge is 0.394 e. The molecule has 1 aliphatic rings. The normalized spacial score (nSPS) is 37.2. The highest BCUT2D eigenvalue weighted by atomic mass is 16.5. The molecule has 0 aromatic rings. The molecule has 12 heavy (non-hydrogen) atoms. The van der Waals surface area contributed by atoms with E-state index in [9.17, 15) is 5.11 Å². The Morgan fingerprint density at radius 2 is 2.08 bits per heavy atom. The Morgan fingerprint density at radius 3 is 2.58 bits per heavy atom. The molecule has 0 amide bonds. The topological polar surface area (TPSA) is 49.7 Å². The summed E-state index contributed by atoms with van der Waals surface area (Å²) in [4.78, 5) is 0. The van der Waals surface area contributed by atoms with Gasteiger partial charge in [0.1, 0.15) is 0 Å². The molecule has 0 aromatic carbocycles. The van der Waals surface area contributed by atoms with Gasteiger partial charge in [0.15, 0.2) is 0 Å². The van der Waals surface area contributed by atoms with Gasteiger partial charge in [0.2, 0.25) is 0 Å². The predicted molar refractivity (Wildman–Crippen MR) is 45.8 cm³/mol. The smallest absolute Gasteiger partial charge is 0.0834 e. The number of rotatable bonds is 2. The highest BCUT2D eigenvalue weighted by Gasteiger charge is 2.29. The summed E-state index contributed by atoms with van der Waals surface area (Å²) in [6.45, 7) is 4.15. The lowest BCUT2D eigenvalue weighted by molar-refractivity contribution is -0.126. The highest BCUT2D eigenvalue weighted by Crippen LogP contribution is 2.24. The monoisotopic (exact) mass is 174 g/mol. The first-order valence-corrected chi connectivity index (χ1v) is 4.58. The fraction of sp³-hybridized carbons (Fsp3) is 1.00. The van der Waals surface area contributed by atoms with Crippen LogP contribution in [0.4, 0.5) is 0 Å². The summed E-state index contributed by atoms with van der Waals surface area (Å²) in [6.07, 6.45) is 0.906. The maximum absolute atomic E-state index is 9.44. The molecule has 0 aromatic heterocycles. The molecule has 0 bridgehead atoms. The quantitative estimate of drug-likeness (QED) is 0.642. The van der Waals surface area contributed by atoms with Gasteiger partial charge in [-0.1, -0.05) is 13.8 Å². The third kappa shape index (κ3) is 2.44. The molecular formula is C9H18O3. The molecule has 0 aliphatic carbocycles. The summed E-state index contributed by atoms with van der Waals surface area (Å²) >= 11 is 0. The van der Waals surface area contributed by atoms with E-state index in [1.54, 1.807) is 0 Å². The van der Waals surface area contributed by atoms with Crippen molar-refractivity contribution in [3.05, 3.63) is 0 Å². The van der Waals surface area contributed by atoms with Gasteiger partial charge < -0.3 is 14.9 Å². The summed E-state index contributed by atoms with van der Waals surface area (Å²) in [5.41, 5.74) is 0. The third-order valence-electron chi connectivity index (χ3n) is 2.35. The van der Waals surface area contributed by atoms with E-state index in [0.29, 0.717) is 18.8 Å². The van der Waals surface area contributed by atoms with Gasteiger partial charge in [-0.15, -0.1) is 0 Å². The maximum atomic E-state index is 9.44. The van der Waals surface area contributed by atoms with Crippen LogP contribution >= 0.6 is 0 Å². The van der Waals surface area contributed by atoms with Crippen LogP contribution in [0.3, 0.4) is 0 Å². The van der Waals surface area contributed by atoms with Crippen LogP contribution in [0.25, 0.3) is 0 Å². The zero-order valence-corrected chi connectivity index (χ0v) is 7.73. The molecule has 0 radical (unpaired) electrons.